The third kappa shape index (κ3) is 4.18. The maximum Gasteiger partial charge on any atom is 0.146 e. The summed E-state index contributed by atoms with van der Waals surface area (Å²) < 4.78 is 6.44. The number of hydrogen-bond acceptors (Lipinski definition) is 8. The summed E-state index contributed by atoms with van der Waals surface area (Å²) in [6.07, 6.45) is 7.53. The summed E-state index contributed by atoms with van der Waals surface area (Å²) in [5.74, 6) is 1.67. The molecule has 6 rings (SSSR count). The molecule has 8 nitrogen and oxygen atoms in total. The second-order valence-corrected chi connectivity index (χ2v) is 11.1. The van der Waals surface area contributed by atoms with Crippen molar-refractivity contribution < 1.29 is 9.84 Å². The van der Waals surface area contributed by atoms with E-state index in [1.807, 2.05) is 19.2 Å². The molecule has 35 heavy (non-hydrogen) atoms. The van der Waals surface area contributed by atoms with Crippen molar-refractivity contribution in [1.82, 2.24) is 20.8 Å². The molecule has 2 aromatic rings. The molecule has 7 atom stereocenters. The predicted molar refractivity (Wildman–Crippen MR) is 132 cm³/mol. The SMILES string of the molecule is C[C@@H](OC1CCC2NNC(c3cnc(N4CC5C(O)C5C4)c(C#N)c3)C2C1)c1c(Cl)cncc1Cl. The second kappa shape index (κ2) is 9.15. The quantitative estimate of drug-likeness (QED) is 0.556. The van der Waals surface area contributed by atoms with Crippen molar-refractivity contribution in [3.8, 4) is 6.07 Å². The monoisotopic (exact) mass is 514 g/mol. The first kappa shape index (κ1) is 23.4. The minimum Gasteiger partial charge on any atom is -0.392 e. The highest BCUT2D eigenvalue weighted by Gasteiger charge is 2.55. The molecule has 184 valence electrons. The maximum atomic E-state index is 9.85. The lowest BCUT2D eigenvalue weighted by molar-refractivity contribution is -0.0370. The van der Waals surface area contributed by atoms with Gasteiger partial charge in [0, 0.05) is 55.1 Å². The number of nitrogens with one attached hydrogen (secondary N) is 2. The van der Waals surface area contributed by atoms with E-state index in [0.717, 1.165) is 49.3 Å². The summed E-state index contributed by atoms with van der Waals surface area (Å²) in [7, 11) is 0. The van der Waals surface area contributed by atoms with Gasteiger partial charge < -0.3 is 14.7 Å². The second-order valence-electron chi connectivity index (χ2n) is 10.2. The average molecular weight is 515 g/mol. The fourth-order valence-corrected chi connectivity index (χ4v) is 6.96. The largest absolute Gasteiger partial charge is 0.392 e. The molecule has 0 aromatic carbocycles. The number of rotatable bonds is 5. The van der Waals surface area contributed by atoms with Gasteiger partial charge in [0.15, 0.2) is 0 Å². The third-order valence-electron chi connectivity index (χ3n) is 8.21. The molecule has 2 saturated carbocycles. The summed E-state index contributed by atoms with van der Waals surface area (Å²) in [5.41, 5.74) is 9.26. The Hall–Kier alpha value is -1.99. The van der Waals surface area contributed by atoms with Gasteiger partial charge in [0.25, 0.3) is 0 Å². The summed E-state index contributed by atoms with van der Waals surface area (Å²) in [6.45, 7) is 3.51. The van der Waals surface area contributed by atoms with E-state index in [1.165, 1.54) is 0 Å². The van der Waals surface area contributed by atoms with Crippen LogP contribution in [0.3, 0.4) is 0 Å². The van der Waals surface area contributed by atoms with Gasteiger partial charge in [0.05, 0.1) is 40.0 Å². The van der Waals surface area contributed by atoms with Gasteiger partial charge in [0.2, 0.25) is 0 Å². The summed E-state index contributed by atoms with van der Waals surface area (Å²) >= 11 is 12.7. The van der Waals surface area contributed by atoms with Crippen molar-refractivity contribution in [3.63, 3.8) is 0 Å². The van der Waals surface area contributed by atoms with Crippen LogP contribution in [0.1, 0.15) is 55.0 Å². The van der Waals surface area contributed by atoms with Gasteiger partial charge in [-0.1, -0.05) is 23.2 Å². The smallest absolute Gasteiger partial charge is 0.146 e. The first-order valence-corrected chi connectivity index (χ1v) is 13.0. The van der Waals surface area contributed by atoms with Crippen LogP contribution in [-0.4, -0.2) is 46.4 Å². The van der Waals surface area contributed by atoms with Crippen LogP contribution in [0.5, 0.6) is 0 Å². The number of ether oxygens (including phenoxy) is 1. The minimum absolute atomic E-state index is 0.0391. The molecule has 2 saturated heterocycles. The fraction of sp³-hybridized carbons (Fsp3) is 0.560. The van der Waals surface area contributed by atoms with Crippen LogP contribution in [0, 0.1) is 29.1 Å². The number of aliphatic hydroxyl groups is 1. The van der Waals surface area contributed by atoms with Gasteiger partial charge in [-0.05, 0) is 43.7 Å². The number of hydrogen-bond donors (Lipinski definition) is 3. The van der Waals surface area contributed by atoms with Gasteiger partial charge in [-0.3, -0.25) is 10.4 Å². The van der Waals surface area contributed by atoms with E-state index in [2.05, 4.69) is 26.8 Å². The first-order chi connectivity index (χ1) is 16.9. The molecular formula is C25H28Cl2N6O2. The normalized spacial score (nSPS) is 34.3. The van der Waals surface area contributed by atoms with E-state index in [9.17, 15) is 10.4 Å². The number of pyridine rings is 2. The van der Waals surface area contributed by atoms with Gasteiger partial charge in [0.1, 0.15) is 11.9 Å². The average Bonchev–Trinajstić information content (AvgIpc) is 3.22. The molecule has 2 aromatic heterocycles. The molecule has 4 fully saturated rings. The lowest BCUT2D eigenvalue weighted by Gasteiger charge is -2.35. The van der Waals surface area contributed by atoms with Gasteiger partial charge >= 0.3 is 0 Å². The van der Waals surface area contributed by atoms with Crippen LogP contribution in [0.4, 0.5) is 5.82 Å². The summed E-state index contributed by atoms with van der Waals surface area (Å²) in [4.78, 5) is 10.9. The van der Waals surface area contributed by atoms with Crippen molar-refractivity contribution >= 4 is 29.0 Å². The topological polar surface area (TPSA) is 106 Å². The number of aliphatic hydroxyl groups excluding tert-OH is 1. The number of piperidine rings is 1. The number of aromatic nitrogens is 2. The Kier molecular flexibility index (Phi) is 6.12. The summed E-state index contributed by atoms with van der Waals surface area (Å²) in [5, 5.41) is 20.7. The molecule has 3 N–H and O–H groups in total. The Morgan fingerprint density at radius 1 is 1.14 bits per heavy atom. The lowest BCUT2D eigenvalue weighted by Crippen LogP contribution is -2.37. The van der Waals surface area contributed by atoms with Crippen molar-refractivity contribution in [2.45, 2.75) is 56.6 Å². The molecule has 4 heterocycles. The zero-order chi connectivity index (χ0) is 24.3. The Bertz CT molecular complexity index is 1140. The molecule has 0 spiro atoms. The highest BCUT2D eigenvalue weighted by atomic mass is 35.5. The number of fused-ring (bicyclic) bond motifs is 2. The van der Waals surface area contributed by atoms with E-state index in [4.69, 9.17) is 32.9 Å². The van der Waals surface area contributed by atoms with Crippen molar-refractivity contribution in [1.29, 1.82) is 5.26 Å². The van der Waals surface area contributed by atoms with Crippen molar-refractivity contribution in [2.75, 3.05) is 18.0 Å². The highest BCUT2D eigenvalue weighted by Crippen LogP contribution is 2.47. The molecule has 10 heteroatoms. The third-order valence-corrected chi connectivity index (χ3v) is 8.82. The van der Waals surface area contributed by atoms with Crippen molar-refractivity contribution in [2.24, 2.45) is 17.8 Å². The molecule has 6 unspecified atom stereocenters. The van der Waals surface area contributed by atoms with Crippen LogP contribution in [0.25, 0.3) is 0 Å². The Morgan fingerprint density at radius 3 is 2.60 bits per heavy atom. The van der Waals surface area contributed by atoms with Gasteiger partial charge in [-0.2, -0.15) is 5.26 Å². The Balaban J connectivity index is 1.17. The molecule has 4 aliphatic rings. The first-order valence-electron chi connectivity index (χ1n) is 12.2. The van der Waals surface area contributed by atoms with E-state index in [0.29, 0.717) is 39.4 Å². The van der Waals surface area contributed by atoms with E-state index >= 15 is 0 Å². The van der Waals surface area contributed by atoms with Gasteiger partial charge in [-0.15, -0.1) is 0 Å². The lowest BCUT2D eigenvalue weighted by atomic mass is 9.78. The van der Waals surface area contributed by atoms with Crippen LogP contribution < -0.4 is 15.8 Å². The molecule has 0 bridgehead atoms. The Morgan fingerprint density at radius 2 is 1.89 bits per heavy atom. The minimum atomic E-state index is -0.239. The Labute approximate surface area is 214 Å². The zero-order valence-corrected chi connectivity index (χ0v) is 20.9. The molecule has 2 aliphatic carbocycles. The van der Waals surface area contributed by atoms with Crippen LogP contribution in [0.15, 0.2) is 24.7 Å². The highest BCUT2D eigenvalue weighted by molar-refractivity contribution is 6.35. The number of halogens is 2. The molecule has 0 radical (unpaired) electrons. The van der Waals surface area contributed by atoms with Crippen LogP contribution in [0.2, 0.25) is 10.0 Å². The fourth-order valence-electron chi connectivity index (χ4n) is 6.28. The maximum absolute atomic E-state index is 9.85. The van der Waals surface area contributed by atoms with E-state index in [-0.39, 0.29) is 24.4 Å². The van der Waals surface area contributed by atoms with E-state index < -0.39 is 0 Å². The molecular weight excluding hydrogens is 487 g/mol. The van der Waals surface area contributed by atoms with Crippen molar-refractivity contribution in [3.05, 3.63) is 51.4 Å². The molecule has 0 amide bonds. The number of nitrogens with zero attached hydrogens (tertiary/aromatic N) is 4. The number of nitriles is 1. The van der Waals surface area contributed by atoms with Crippen LogP contribution in [-0.2, 0) is 4.74 Å². The van der Waals surface area contributed by atoms with Crippen LogP contribution >= 0.6 is 23.2 Å². The number of hydrazine groups is 1. The predicted octanol–water partition coefficient (Wildman–Crippen LogP) is 3.55. The number of anilines is 1. The zero-order valence-electron chi connectivity index (χ0n) is 19.4. The van der Waals surface area contributed by atoms with Gasteiger partial charge in [-0.25, -0.2) is 10.4 Å². The summed E-state index contributed by atoms with van der Waals surface area (Å²) in [6, 6.07) is 4.68. The molecule has 2 aliphatic heterocycles. The standard InChI is InChI=1S/C25H28Cl2N6O2/c1-12(22-19(26)8-29-9-20(22)27)35-15-2-3-21-16(5-15)23(32-31-21)14-4-13(6-28)25(30-7-14)33-10-17-18(11-33)24(17)34/h4,7-9,12,15-18,21,23-24,31-32,34H,2-3,5,10-11H2,1H3/t12-,15?,16?,17?,18?,21?,23?,24?/m1/s1. The van der Waals surface area contributed by atoms with E-state index in [1.54, 1.807) is 12.4 Å².